The minimum atomic E-state index is -0.595. The maximum atomic E-state index is 10.9. The van der Waals surface area contributed by atoms with Crippen molar-refractivity contribution in [2.75, 3.05) is 13.2 Å². The van der Waals surface area contributed by atoms with Crippen LogP contribution in [0.3, 0.4) is 0 Å². The molecule has 4 unspecified atom stereocenters. The van der Waals surface area contributed by atoms with Crippen LogP contribution in [-0.4, -0.2) is 47.2 Å². The van der Waals surface area contributed by atoms with Gasteiger partial charge in [-0.3, -0.25) is 4.79 Å². The van der Waals surface area contributed by atoms with E-state index in [0.717, 1.165) is 44.9 Å². The van der Waals surface area contributed by atoms with Crippen LogP contribution in [0.1, 0.15) is 155 Å². The second-order valence-corrected chi connectivity index (χ2v) is 11.8. The smallest absolute Gasteiger partial charge is 0.293 e. The molecule has 0 aromatic heterocycles. The van der Waals surface area contributed by atoms with Crippen LogP contribution in [-0.2, 0) is 9.53 Å². The van der Waals surface area contributed by atoms with Crippen LogP contribution >= 0.6 is 0 Å². The summed E-state index contributed by atoms with van der Waals surface area (Å²) < 4.78 is 4.63. The van der Waals surface area contributed by atoms with Gasteiger partial charge < -0.3 is 20.1 Å². The topological polar surface area (TPSA) is 87.0 Å². The summed E-state index contributed by atoms with van der Waals surface area (Å²) in [5, 5.41) is 31.0. The second-order valence-electron chi connectivity index (χ2n) is 11.8. The summed E-state index contributed by atoms with van der Waals surface area (Å²) in [6, 6.07) is 0. The molecular weight excluding hydrogens is 500 g/mol. The molecule has 3 N–H and O–H groups in total. The molecule has 0 fully saturated rings. The van der Waals surface area contributed by atoms with Gasteiger partial charge in [-0.1, -0.05) is 128 Å². The van der Waals surface area contributed by atoms with Gasteiger partial charge in [-0.25, -0.2) is 0 Å². The van der Waals surface area contributed by atoms with Gasteiger partial charge in [0, 0.05) is 12.5 Å². The number of hydrogen-bond donors (Lipinski definition) is 3. The largest absolute Gasteiger partial charge is 0.464 e. The summed E-state index contributed by atoms with van der Waals surface area (Å²) in [6.07, 6.45) is 33.7. The Morgan fingerprint density at radius 3 is 1.57 bits per heavy atom. The summed E-state index contributed by atoms with van der Waals surface area (Å²) in [5.41, 5.74) is 0. The molecule has 0 aliphatic rings. The molecule has 0 heterocycles. The lowest BCUT2D eigenvalue weighted by Crippen LogP contribution is -2.36. The van der Waals surface area contributed by atoms with Crippen molar-refractivity contribution in [3.8, 4) is 0 Å². The van der Waals surface area contributed by atoms with Crippen LogP contribution in [0, 0.1) is 11.8 Å². The Kier molecular flexibility index (Phi) is 29.9. The summed E-state index contributed by atoms with van der Waals surface area (Å²) in [7, 11) is 0. The predicted molar refractivity (Wildman–Crippen MR) is 169 cm³/mol. The van der Waals surface area contributed by atoms with E-state index in [-0.39, 0.29) is 18.4 Å². The van der Waals surface area contributed by atoms with E-state index in [1.807, 2.05) is 6.08 Å². The first-order valence-electron chi connectivity index (χ1n) is 16.9. The van der Waals surface area contributed by atoms with Gasteiger partial charge in [0.2, 0.25) is 0 Å². The van der Waals surface area contributed by atoms with Gasteiger partial charge >= 0.3 is 0 Å². The number of rotatable bonds is 31. The molecule has 0 aromatic rings. The fourth-order valence-electron chi connectivity index (χ4n) is 5.60. The van der Waals surface area contributed by atoms with E-state index in [1.54, 1.807) is 6.92 Å². The van der Waals surface area contributed by atoms with Crippen molar-refractivity contribution < 1.29 is 24.9 Å². The van der Waals surface area contributed by atoms with Crippen molar-refractivity contribution >= 4 is 6.47 Å². The standard InChI is InChI=1S/C35H66O5/c1-3-4-5-6-18-22-25-28-35(39)33(34(30-36)32(2)38)27-24-21-19-16-14-12-10-8-7-9-11-13-15-17-20-23-26-29-40-31-37/h6,18,23,26,31-36,38-39H,3-5,7-17,19-22,24-25,27-30H2,1-2H3/b18-6+,26-23+. The number of allylic oxidation sites excluding steroid dienone is 3. The van der Waals surface area contributed by atoms with E-state index >= 15 is 0 Å². The number of aliphatic hydroxyl groups excluding tert-OH is 3. The first-order valence-corrected chi connectivity index (χ1v) is 16.9. The van der Waals surface area contributed by atoms with Crippen molar-refractivity contribution in [2.24, 2.45) is 11.8 Å². The quantitative estimate of drug-likeness (QED) is 0.0443. The molecule has 0 spiro atoms. The van der Waals surface area contributed by atoms with Crippen molar-refractivity contribution in [3.63, 3.8) is 0 Å². The van der Waals surface area contributed by atoms with Crippen molar-refractivity contribution in [1.82, 2.24) is 0 Å². The fraction of sp³-hybridized carbons (Fsp3) is 0.857. The highest BCUT2D eigenvalue weighted by Gasteiger charge is 2.30. The van der Waals surface area contributed by atoms with Crippen LogP contribution < -0.4 is 0 Å². The van der Waals surface area contributed by atoms with Crippen molar-refractivity contribution in [2.45, 2.75) is 167 Å². The van der Waals surface area contributed by atoms with Crippen molar-refractivity contribution in [1.29, 1.82) is 0 Å². The Hall–Kier alpha value is -1.17. The molecule has 0 aliphatic carbocycles. The van der Waals surface area contributed by atoms with E-state index in [2.05, 4.69) is 29.9 Å². The Labute approximate surface area is 247 Å². The average Bonchev–Trinajstić information content (AvgIpc) is 2.94. The maximum Gasteiger partial charge on any atom is 0.293 e. The Morgan fingerprint density at radius 1 is 0.600 bits per heavy atom. The summed E-state index contributed by atoms with van der Waals surface area (Å²) in [4.78, 5) is 10.0. The van der Waals surface area contributed by atoms with Crippen LogP contribution in [0.15, 0.2) is 24.3 Å². The predicted octanol–water partition coefficient (Wildman–Crippen LogP) is 8.84. The zero-order valence-corrected chi connectivity index (χ0v) is 26.3. The third kappa shape index (κ3) is 24.6. The van der Waals surface area contributed by atoms with Gasteiger partial charge in [0.15, 0.2) is 0 Å². The van der Waals surface area contributed by atoms with E-state index in [9.17, 15) is 20.1 Å². The van der Waals surface area contributed by atoms with Crippen LogP contribution in [0.4, 0.5) is 0 Å². The Morgan fingerprint density at radius 2 is 1.07 bits per heavy atom. The van der Waals surface area contributed by atoms with Crippen molar-refractivity contribution in [3.05, 3.63) is 24.3 Å². The molecule has 0 saturated carbocycles. The first-order chi connectivity index (χ1) is 19.6. The monoisotopic (exact) mass is 566 g/mol. The van der Waals surface area contributed by atoms with Gasteiger partial charge in [0.05, 0.1) is 12.2 Å². The van der Waals surface area contributed by atoms with Gasteiger partial charge in [-0.2, -0.15) is 0 Å². The number of ether oxygens (including phenoxy) is 1. The summed E-state index contributed by atoms with van der Waals surface area (Å²) in [5.74, 6) is -0.270. The molecule has 0 saturated heterocycles. The number of carbonyl (C=O) groups excluding carboxylic acids is 1. The van der Waals surface area contributed by atoms with Crippen LogP contribution in [0.25, 0.3) is 0 Å². The normalized spacial score (nSPS) is 15.0. The molecule has 0 aliphatic heterocycles. The average molecular weight is 567 g/mol. The molecule has 5 nitrogen and oxygen atoms in total. The zero-order valence-electron chi connectivity index (χ0n) is 26.3. The van der Waals surface area contributed by atoms with Crippen LogP contribution in [0.2, 0.25) is 0 Å². The molecule has 5 heteroatoms. The highest BCUT2D eigenvalue weighted by atomic mass is 16.5. The Bertz CT molecular complexity index is 574. The van der Waals surface area contributed by atoms with E-state index in [4.69, 9.17) is 0 Å². The molecule has 0 aromatic carbocycles. The van der Waals surface area contributed by atoms with Gasteiger partial charge in [0.1, 0.15) is 6.61 Å². The van der Waals surface area contributed by atoms with Gasteiger partial charge in [0.25, 0.3) is 6.47 Å². The number of aliphatic hydroxyl groups is 3. The molecule has 0 amide bonds. The maximum absolute atomic E-state index is 10.9. The molecule has 0 rings (SSSR count). The van der Waals surface area contributed by atoms with E-state index < -0.39 is 12.2 Å². The highest BCUT2D eigenvalue weighted by Crippen LogP contribution is 2.28. The lowest BCUT2D eigenvalue weighted by Gasteiger charge is -2.32. The minimum absolute atomic E-state index is 0.0276. The molecule has 0 radical (unpaired) electrons. The summed E-state index contributed by atoms with van der Waals surface area (Å²) >= 11 is 0. The summed E-state index contributed by atoms with van der Waals surface area (Å²) in [6.45, 7) is 4.77. The molecular formula is C35H66O5. The van der Waals surface area contributed by atoms with E-state index in [1.165, 1.54) is 96.3 Å². The number of unbranched alkanes of at least 4 members (excludes halogenated alkanes) is 17. The molecule has 0 bridgehead atoms. The fourth-order valence-corrected chi connectivity index (χ4v) is 5.60. The highest BCUT2D eigenvalue weighted by molar-refractivity contribution is 5.37. The zero-order chi connectivity index (χ0) is 29.5. The minimum Gasteiger partial charge on any atom is -0.464 e. The number of carbonyl (C=O) groups is 1. The number of hydrogen-bond acceptors (Lipinski definition) is 5. The Balaban J connectivity index is 3.81. The SMILES string of the molecule is CCCC/C=C/CCCC(O)C(CCCCCCCCCCCCCCCC/C=C/COC=O)C(CO)C(C)O. The van der Waals surface area contributed by atoms with Gasteiger partial charge in [-0.15, -0.1) is 0 Å². The second kappa shape index (κ2) is 30.8. The molecule has 40 heavy (non-hydrogen) atoms. The van der Waals surface area contributed by atoms with E-state index in [0.29, 0.717) is 13.1 Å². The molecule has 4 atom stereocenters. The third-order valence-corrected chi connectivity index (χ3v) is 8.22. The lowest BCUT2D eigenvalue weighted by atomic mass is 9.79. The van der Waals surface area contributed by atoms with Gasteiger partial charge in [-0.05, 0) is 57.8 Å². The van der Waals surface area contributed by atoms with Crippen LogP contribution in [0.5, 0.6) is 0 Å². The first kappa shape index (κ1) is 38.8. The third-order valence-electron chi connectivity index (χ3n) is 8.22. The lowest BCUT2D eigenvalue weighted by molar-refractivity contribution is -0.127. The molecule has 236 valence electrons.